The molecule has 27 heavy (non-hydrogen) atoms. The Morgan fingerprint density at radius 3 is 2.15 bits per heavy atom. The van der Waals surface area contributed by atoms with Gasteiger partial charge in [0.05, 0.1) is 12.0 Å². The highest BCUT2D eigenvalue weighted by atomic mass is 32.2. The molecule has 6 nitrogen and oxygen atoms in total. The van der Waals surface area contributed by atoms with Crippen molar-refractivity contribution in [1.82, 2.24) is 5.32 Å². The maximum atomic E-state index is 13.2. The number of amides is 1. The molecule has 0 unspecified atom stereocenters. The van der Waals surface area contributed by atoms with Crippen molar-refractivity contribution in [3.05, 3.63) is 54.1 Å². The first kappa shape index (κ1) is 20.8. The number of hydrogen-bond acceptors (Lipinski definition) is 5. The van der Waals surface area contributed by atoms with Crippen LogP contribution in [0.4, 0.5) is 5.69 Å². The Kier molecular flexibility index (Phi) is 6.85. The molecule has 2 rings (SSSR count). The van der Waals surface area contributed by atoms with E-state index in [0.717, 1.165) is 5.69 Å². The molecule has 146 valence electrons. The van der Waals surface area contributed by atoms with Gasteiger partial charge in [-0.2, -0.15) is 0 Å². The molecule has 2 aromatic rings. The fourth-order valence-corrected chi connectivity index (χ4v) is 4.32. The minimum Gasteiger partial charge on any atom is -0.497 e. The number of benzene rings is 2. The quantitative estimate of drug-likeness (QED) is 0.750. The maximum Gasteiger partial charge on any atom is 0.219 e. The minimum atomic E-state index is -3.70. The van der Waals surface area contributed by atoms with Crippen LogP contribution in [0, 0.1) is 0 Å². The molecular weight excluding hydrogens is 364 g/mol. The number of rotatable bonds is 8. The van der Waals surface area contributed by atoms with Crippen LogP contribution in [0.2, 0.25) is 0 Å². The molecule has 0 fully saturated rings. The predicted molar refractivity (Wildman–Crippen MR) is 107 cm³/mol. The molecule has 7 heteroatoms. The number of carbonyl (C=O) groups is 1. The summed E-state index contributed by atoms with van der Waals surface area (Å²) < 4.78 is 31.6. The lowest BCUT2D eigenvalue weighted by Gasteiger charge is -2.20. The molecule has 0 spiro atoms. The number of sulfone groups is 1. The van der Waals surface area contributed by atoms with E-state index >= 15 is 0 Å². The number of hydrogen-bond donors (Lipinski definition) is 1. The van der Waals surface area contributed by atoms with E-state index in [1.807, 2.05) is 31.1 Å². The van der Waals surface area contributed by atoms with Crippen molar-refractivity contribution in [3.8, 4) is 5.75 Å². The average Bonchev–Trinajstić information content (AvgIpc) is 2.68. The van der Waals surface area contributed by atoms with Crippen molar-refractivity contribution in [2.75, 3.05) is 32.6 Å². The average molecular weight is 391 g/mol. The molecule has 1 amide bonds. The summed E-state index contributed by atoms with van der Waals surface area (Å²) in [7, 11) is 1.66. The first-order valence-corrected chi connectivity index (χ1v) is 10.3. The summed E-state index contributed by atoms with van der Waals surface area (Å²) in [5, 5.41) is 1.84. The zero-order valence-corrected chi connectivity index (χ0v) is 16.9. The van der Waals surface area contributed by atoms with Gasteiger partial charge >= 0.3 is 0 Å². The van der Waals surface area contributed by atoms with Gasteiger partial charge < -0.3 is 15.0 Å². The fourth-order valence-electron chi connectivity index (χ4n) is 2.66. The van der Waals surface area contributed by atoms with Crippen LogP contribution in [-0.2, 0) is 14.6 Å². The molecular formula is C20H26N2O4S. The van der Waals surface area contributed by atoms with Crippen molar-refractivity contribution in [1.29, 1.82) is 0 Å². The second-order valence-corrected chi connectivity index (χ2v) is 8.48. The Labute approximate surface area is 161 Å². The second-order valence-electron chi connectivity index (χ2n) is 6.35. The summed E-state index contributed by atoms with van der Waals surface area (Å²) in [6.45, 7) is 1.75. The summed E-state index contributed by atoms with van der Waals surface area (Å²) in [4.78, 5) is 13.8. The van der Waals surface area contributed by atoms with E-state index in [-0.39, 0.29) is 17.3 Å². The number of nitrogens with one attached hydrogen (secondary N) is 1. The van der Waals surface area contributed by atoms with Crippen LogP contribution in [0.5, 0.6) is 5.75 Å². The van der Waals surface area contributed by atoms with Gasteiger partial charge in [-0.1, -0.05) is 19.1 Å². The Bertz CT molecular complexity index is 860. The summed E-state index contributed by atoms with van der Waals surface area (Å²) in [6.07, 6.45) is 0.300. The van der Waals surface area contributed by atoms with Crippen molar-refractivity contribution in [2.24, 2.45) is 0 Å². The molecule has 0 heterocycles. The molecule has 0 aliphatic rings. The summed E-state index contributed by atoms with van der Waals surface area (Å²) in [5.74, 6) is 0.398. The van der Waals surface area contributed by atoms with Crippen LogP contribution in [0.25, 0.3) is 0 Å². The van der Waals surface area contributed by atoms with Crippen molar-refractivity contribution >= 4 is 21.4 Å². The summed E-state index contributed by atoms with van der Waals surface area (Å²) in [6, 6.07) is 13.6. The van der Waals surface area contributed by atoms with Gasteiger partial charge in [0.2, 0.25) is 5.91 Å². The van der Waals surface area contributed by atoms with Crippen molar-refractivity contribution in [2.45, 2.75) is 23.5 Å². The highest BCUT2D eigenvalue weighted by Gasteiger charge is 2.29. The molecule has 0 saturated carbocycles. The maximum absolute atomic E-state index is 13.2. The van der Waals surface area contributed by atoms with Crippen LogP contribution < -0.4 is 15.0 Å². The zero-order chi connectivity index (χ0) is 20.0. The number of carbonyl (C=O) groups excluding carboxylic acids is 1. The monoisotopic (exact) mass is 390 g/mol. The van der Waals surface area contributed by atoms with Gasteiger partial charge in [-0.05, 0) is 42.0 Å². The predicted octanol–water partition coefficient (Wildman–Crippen LogP) is 2.80. The third kappa shape index (κ3) is 5.01. The largest absolute Gasteiger partial charge is 0.497 e. The highest BCUT2D eigenvalue weighted by molar-refractivity contribution is 7.91. The minimum absolute atomic E-state index is 0.0162. The molecule has 0 bridgehead atoms. The summed E-state index contributed by atoms with van der Waals surface area (Å²) in [5.41, 5.74) is 1.60. The van der Waals surface area contributed by atoms with Crippen LogP contribution >= 0.6 is 0 Å². The molecule has 0 aliphatic carbocycles. The lowest BCUT2D eigenvalue weighted by atomic mass is 10.1. The molecule has 2 aromatic carbocycles. The van der Waals surface area contributed by atoms with Crippen LogP contribution in [0.15, 0.2) is 53.4 Å². The molecule has 0 saturated heterocycles. The van der Waals surface area contributed by atoms with E-state index < -0.39 is 15.1 Å². The Morgan fingerprint density at radius 1 is 1.07 bits per heavy atom. The number of methoxy groups -OCH3 is 1. The van der Waals surface area contributed by atoms with Crippen molar-refractivity contribution in [3.63, 3.8) is 0 Å². The van der Waals surface area contributed by atoms with E-state index in [1.54, 1.807) is 31.2 Å². The van der Waals surface area contributed by atoms with E-state index in [4.69, 9.17) is 4.74 Å². The second kappa shape index (κ2) is 8.90. The van der Waals surface area contributed by atoms with Gasteiger partial charge in [0, 0.05) is 32.7 Å². The Balaban J connectivity index is 2.41. The van der Waals surface area contributed by atoms with E-state index in [0.29, 0.717) is 17.7 Å². The van der Waals surface area contributed by atoms with Crippen molar-refractivity contribution < 1.29 is 17.9 Å². The fraction of sp³-hybridized carbons (Fsp3) is 0.350. The SMILES string of the molecule is CCC(=O)NC[C@@H](c1ccc(N(C)C)cc1)S(=O)(=O)c1ccc(OC)cc1. The normalized spacial score (nSPS) is 12.3. The molecule has 0 aliphatic heterocycles. The Morgan fingerprint density at radius 2 is 1.67 bits per heavy atom. The third-order valence-electron chi connectivity index (χ3n) is 4.35. The lowest BCUT2D eigenvalue weighted by Crippen LogP contribution is -2.31. The van der Waals surface area contributed by atoms with Gasteiger partial charge in [-0.25, -0.2) is 8.42 Å². The molecule has 0 aromatic heterocycles. The van der Waals surface area contributed by atoms with Crippen LogP contribution in [0.3, 0.4) is 0 Å². The van der Waals surface area contributed by atoms with E-state index in [9.17, 15) is 13.2 Å². The molecule has 1 N–H and O–H groups in total. The highest BCUT2D eigenvalue weighted by Crippen LogP contribution is 2.30. The van der Waals surface area contributed by atoms with Gasteiger partial charge in [-0.3, -0.25) is 4.79 Å². The topological polar surface area (TPSA) is 75.7 Å². The molecule has 1 atom stereocenters. The third-order valence-corrected chi connectivity index (χ3v) is 6.47. The Hall–Kier alpha value is -2.54. The van der Waals surface area contributed by atoms with Crippen LogP contribution in [0.1, 0.15) is 24.2 Å². The zero-order valence-electron chi connectivity index (χ0n) is 16.1. The number of nitrogens with zero attached hydrogens (tertiary/aromatic N) is 1. The summed E-state index contributed by atoms with van der Waals surface area (Å²) >= 11 is 0. The van der Waals surface area contributed by atoms with Gasteiger partial charge in [0.15, 0.2) is 9.84 Å². The standard InChI is InChI=1S/C20H26N2O4S/c1-5-20(23)21-14-19(15-6-8-16(9-7-15)22(2)3)27(24,25)18-12-10-17(26-4)11-13-18/h6-13,19H,5,14H2,1-4H3,(H,21,23)/t19-/m0/s1. The lowest BCUT2D eigenvalue weighted by molar-refractivity contribution is -0.120. The molecule has 0 radical (unpaired) electrons. The first-order chi connectivity index (χ1) is 12.8. The van der Waals surface area contributed by atoms with E-state index in [2.05, 4.69) is 5.32 Å². The number of anilines is 1. The van der Waals surface area contributed by atoms with E-state index in [1.165, 1.54) is 19.2 Å². The van der Waals surface area contributed by atoms with Gasteiger partial charge in [0.25, 0.3) is 0 Å². The van der Waals surface area contributed by atoms with Gasteiger partial charge in [0.1, 0.15) is 11.0 Å². The first-order valence-electron chi connectivity index (χ1n) is 8.71. The smallest absolute Gasteiger partial charge is 0.219 e. The van der Waals surface area contributed by atoms with Gasteiger partial charge in [-0.15, -0.1) is 0 Å². The number of ether oxygens (including phenoxy) is 1. The van der Waals surface area contributed by atoms with Crippen LogP contribution in [-0.4, -0.2) is 42.1 Å².